The number of hydrogen-bond donors (Lipinski definition) is 2. The standard InChI is InChI=1S/C12H12N2/c1-2-4-11-10(3-1)12(14-13-11)8-7-9-5-6-9/h1-4,9,12-14H,5-6H2. The monoisotopic (exact) mass is 184 g/mol. The first-order valence-electron chi connectivity index (χ1n) is 5.05. The van der Waals surface area contributed by atoms with Crippen LogP contribution in [0.25, 0.3) is 0 Å². The zero-order chi connectivity index (χ0) is 9.38. The van der Waals surface area contributed by atoms with Crippen LogP contribution in [0.2, 0.25) is 0 Å². The minimum atomic E-state index is 0.173. The summed E-state index contributed by atoms with van der Waals surface area (Å²) in [6.07, 6.45) is 2.57. The highest BCUT2D eigenvalue weighted by atomic mass is 15.4. The molecule has 1 fully saturated rings. The molecule has 0 radical (unpaired) electrons. The summed E-state index contributed by atoms with van der Waals surface area (Å²) in [7, 11) is 0. The predicted molar refractivity (Wildman–Crippen MR) is 56.4 cm³/mol. The van der Waals surface area contributed by atoms with Crippen molar-refractivity contribution >= 4 is 5.69 Å². The second-order valence-corrected chi connectivity index (χ2v) is 3.85. The average molecular weight is 184 g/mol. The van der Waals surface area contributed by atoms with E-state index in [1.54, 1.807) is 0 Å². The highest BCUT2D eigenvalue weighted by Gasteiger charge is 2.21. The van der Waals surface area contributed by atoms with Crippen molar-refractivity contribution < 1.29 is 0 Å². The third-order valence-electron chi connectivity index (χ3n) is 2.63. The minimum absolute atomic E-state index is 0.173. The Morgan fingerprint density at radius 1 is 1.14 bits per heavy atom. The van der Waals surface area contributed by atoms with Gasteiger partial charge >= 0.3 is 0 Å². The van der Waals surface area contributed by atoms with E-state index in [4.69, 9.17) is 0 Å². The molecule has 2 nitrogen and oxygen atoms in total. The van der Waals surface area contributed by atoms with Gasteiger partial charge in [-0.3, -0.25) is 0 Å². The minimum Gasteiger partial charge on any atom is -0.320 e. The van der Waals surface area contributed by atoms with Crippen molar-refractivity contribution in [2.45, 2.75) is 18.9 Å². The first-order chi connectivity index (χ1) is 6.93. The van der Waals surface area contributed by atoms with Gasteiger partial charge in [0.05, 0.1) is 5.69 Å². The largest absolute Gasteiger partial charge is 0.320 e. The summed E-state index contributed by atoms with van der Waals surface area (Å²) < 4.78 is 0. The van der Waals surface area contributed by atoms with Crippen LogP contribution in [0.5, 0.6) is 0 Å². The van der Waals surface area contributed by atoms with Crippen molar-refractivity contribution in [2.75, 3.05) is 5.43 Å². The van der Waals surface area contributed by atoms with Gasteiger partial charge in [-0.15, -0.1) is 0 Å². The van der Waals surface area contributed by atoms with Crippen molar-refractivity contribution in [3.05, 3.63) is 29.8 Å². The van der Waals surface area contributed by atoms with Gasteiger partial charge in [0.25, 0.3) is 0 Å². The molecule has 1 atom stereocenters. The lowest BCUT2D eigenvalue weighted by Gasteiger charge is -2.00. The van der Waals surface area contributed by atoms with E-state index in [1.807, 2.05) is 6.07 Å². The summed E-state index contributed by atoms with van der Waals surface area (Å²) >= 11 is 0. The lowest BCUT2D eigenvalue weighted by Crippen LogP contribution is -2.17. The first kappa shape index (κ1) is 7.90. The number of nitrogens with one attached hydrogen (secondary N) is 2. The van der Waals surface area contributed by atoms with E-state index < -0.39 is 0 Å². The summed E-state index contributed by atoms with van der Waals surface area (Å²) in [5.74, 6) is 7.23. The Balaban J connectivity index is 1.87. The maximum Gasteiger partial charge on any atom is 0.114 e. The fraction of sp³-hybridized carbons (Fsp3) is 0.333. The van der Waals surface area contributed by atoms with Gasteiger partial charge in [0, 0.05) is 11.5 Å². The molecular formula is C12H12N2. The molecule has 0 saturated heterocycles. The second-order valence-electron chi connectivity index (χ2n) is 3.85. The molecule has 0 amide bonds. The number of fused-ring (bicyclic) bond motifs is 1. The molecule has 14 heavy (non-hydrogen) atoms. The number of hydrogen-bond acceptors (Lipinski definition) is 2. The number of rotatable bonds is 0. The van der Waals surface area contributed by atoms with Crippen LogP contribution in [0.15, 0.2) is 24.3 Å². The molecule has 1 saturated carbocycles. The third kappa shape index (κ3) is 1.36. The molecule has 2 aliphatic rings. The Morgan fingerprint density at radius 2 is 2.00 bits per heavy atom. The van der Waals surface area contributed by atoms with Crippen molar-refractivity contribution in [1.82, 2.24) is 5.43 Å². The summed E-state index contributed by atoms with van der Waals surface area (Å²) in [4.78, 5) is 0. The normalized spacial score (nSPS) is 23.3. The lowest BCUT2D eigenvalue weighted by atomic mass is 10.1. The zero-order valence-corrected chi connectivity index (χ0v) is 7.88. The molecule has 1 unspecified atom stereocenters. The molecule has 1 heterocycles. The highest BCUT2D eigenvalue weighted by molar-refractivity contribution is 5.57. The van der Waals surface area contributed by atoms with Crippen molar-refractivity contribution in [1.29, 1.82) is 0 Å². The molecule has 1 aromatic rings. The van der Waals surface area contributed by atoms with Gasteiger partial charge in [0.2, 0.25) is 0 Å². The topological polar surface area (TPSA) is 24.1 Å². The Hall–Kier alpha value is -1.46. The Labute approximate surface area is 83.7 Å². The Bertz CT molecular complexity index is 410. The Morgan fingerprint density at radius 3 is 2.86 bits per heavy atom. The summed E-state index contributed by atoms with van der Waals surface area (Å²) in [6.45, 7) is 0. The van der Waals surface area contributed by atoms with Crippen LogP contribution >= 0.6 is 0 Å². The van der Waals surface area contributed by atoms with Crippen LogP contribution in [0.3, 0.4) is 0 Å². The van der Waals surface area contributed by atoms with Crippen molar-refractivity contribution in [2.24, 2.45) is 5.92 Å². The van der Waals surface area contributed by atoms with Gasteiger partial charge in [0.15, 0.2) is 0 Å². The number of benzene rings is 1. The third-order valence-corrected chi connectivity index (χ3v) is 2.63. The second kappa shape index (κ2) is 3.04. The fourth-order valence-electron chi connectivity index (χ4n) is 1.63. The molecule has 0 bridgehead atoms. The van der Waals surface area contributed by atoms with Gasteiger partial charge in [0.1, 0.15) is 6.04 Å². The van der Waals surface area contributed by atoms with Crippen LogP contribution in [-0.2, 0) is 0 Å². The smallest absolute Gasteiger partial charge is 0.114 e. The maximum atomic E-state index is 3.29. The first-order valence-corrected chi connectivity index (χ1v) is 5.05. The van der Waals surface area contributed by atoms with Gasteiger partial charge in [-0.1, -0.05) is 30.0 Å². The number of para-hydroxylation sites is 1. The fourth-order valence-corrected chi connectivity index (χ4v) is 1.63. The molecule has 1 aliphatic carbocycles. The van der Waals surface area contributed by atoms with E-state index in [1.165, 1.54) is 18.4 Å². The van der Waals surface area contributed by atoms with Crippen LogP contribution in [0.1, 0.15) is 24.4 Å². The number of hydrazine groups is 1. The molecule has 2 heteroatoms. The van der Waals surface area contributed by atoms with Gasteiger partial charge in [-0.05, 0) is 18.9 Å². The van der Waals surface area contributed by atoms with Gasteiger partial charge in [-0.25, -0.2) is 5.43 Å². The Kier molecular flexibility index (Phi) is 1.71. The lowest BCUT2D eigenvalue weighted by molar-refractivity contribution is 0.774. The SMILES string of the molecule is C(#CC1NNc2ccccc21)C1CC1. The van der Waals surface area contributed by atoms with Crippen LogP contribution in [0.4, 0.5) is 5.69 Å². The van der Waals surface area contributed by atoms with Crippen LogP contribution < -0.4 is 10.9 Å². The molecule has 3 rings (SSSR count). The van der Waals surface area contributed by atoms with E-state index in [0.29, 0.717) is 5.92 Å². The van der Waals surface area contributed by atoms with E-state index in [0.717, 1.165) is 5.69 Å². The summed E-state index contributed by atoms with van der Waals surface area (Å²) in [5, 5.41) is 0. The predicted octanol–water partition coefficient (Wildman–Crippen LogP) is 2.07. The quantitative estimate of drug-likeness (QED) is 0.603. The van der Waals surface area contributed by atoms with E-state index in [2.05, 4.69) is 40.9 Å². The van der Waals surface area contributed by atoms with Crippen LogP contribution in [0, 0.1) is 17.8 Å². The molecule has 2 N–H and O–H groups in total. The van der Waals surface area contributed by atoms with Gasteiger partial charge in [-0.2, -0.15) is 0 Å². The molecule has 1 aromatic carbocycles. The summed E-state index contributed by atoms with van der Waals surface area (Å²) in [6, 6.07) is 8.45. The molecule has 70 valence electrons. The summed E-state index contributed by atoms with van der Waals surface area (Å²) in [5.41, 5.74) is 8.74. The van der Waals surface area contributed by atoms with Gasteiger partial charge < -0.3 is 5.43 Å². The molecular weight excluding hydrogens is 172 g/mol. The molecule has 0 spiro atoms. The molecule has 0 aromatic heterocycles. The molecule has 1 aliphatic heterocycles. The van der Waals surface area contributed by atoms with E-state index in [-0.39, 0.29) is 6.04 Å². The van der Waals surface area contributed by atoms with E-state index in [9.17, 15) is 0 Å². The zero-order valence-electron chi connectivity index (χ0n) is 7.88. The van der Waals surface area contributed by atoms with Crippen molar-refractivity contribution in [3.8, 4) is 11.8 Å². The van der Waals surface area contributed by atoms with Crippen LogP contribution in [-0.4, -0.2) is 0 Å². The van der Waals surface area contributed by atoms with Crippen molar-refractivity contribution in [3.63, 3.8) is 0 Å². The number of anilines is 1. The average Bonchev–Trinajstić information content (AvgIpc) is 2.96. The van der Waals surface area contributed by atoms with E-state index >= 15 is 0 Å². The maximum absolute atomic E-state index is 3.29. The highest BCUT2D eigenvalue weighted by Crippen LogP contribution is 2.30.